The molecule has 1 N–H and O–H groups in total. The summed E-state index contributed by atoms with van der Waals surface area (Å²) in [4.78, 5) is 14.5. The van der Waals surface area contributed by atoms with E-state index < -0.39 is 55.9 Å². The highest BCUT2D eigenvalue weighted by molar-refractivity contribution is 7.90. The number of fused-ring (bicyclic) bond motifs is 1. The number of aromatic carboxylic acids is 1. The molecule has 0 saturated heterocycles. The Morgan fingerprint density at radius 2 is 1.55 bits per heavy atom. The molecule has 5 aromatic carbocycles. The molecule has 6 rings (SSSR count). The molecule has 0 radical (unpaired) electrons. The van der Waals surface area contributed by atoms with Gasteiger partial charge in [-0.25, -0.2) is 44.0 Å². The van der Waals surface area contributed by atoms with Crippen LogP contribution in [0.4, 0.5) is 27.6 Å². The van der Waals surface area contributed by atoms with Gasteiger partial charge in [-0.1, -0.05) is 48.5 Å². The van der Waals surface area contributed by atoms with Crippen molar-refractivity contribution in [3.8, 4) is 39.6 Å². The molecular formula is C36H18F5N3O4S. The van der Waals surface area contributed by atoms with E-state index in [1.807, 2.05) is 6.07 Å². The summed E-state index contributed by atoms with van der Waals surface area (Å²) in [5.74, 6) is -5.60. The fourth-order valence-electron chi connectivity index (χ4n) is 5.65. The minimum atomic E-state index is -4.74. The predicted octanol–water partition coefficient (Wildman–Crippen LogP) is 9.35. The van der Waals surface area contributed by atoms with E-state index in [1.165, 1.54) is 48.5 Å². The van der Waals surface area contributed by atoms with Gasteiger partial charge in [0.2, 0.25) is 0 Å². The van der Waals surface area contributed by atoms with Crippen LogP contribution in [0, 0.1) is 35.4 Å². The Labute approximate surface area is 275 Å². The van der Waals surface area contributed by atoms with Crippen LogP contribution >= 0.6 is 0 Å². The zero-order valence-electron chi connectivity index (χ0n) is 24.6. The SMILES string of the molecule is [C-]#[N+]c1cccc(C#N)c1-c1c(-c2cccc(-c3ccc(C(=O)O)c(F)c3F)c2)n(S(=O)(=O)c2ccc(C(F)F)cc2)c2ccc(F)cc12. The number of alkyl halides is 2. The number of hydrogen-bond donors (Lipinski definition) is 1. The van der Waals surface area contributed by atoms with Crippen LogP contribution in [0.3, 0.4) is 0 Å². The second-order valence-corrected chi connectivity index (χ2v) is 12.4. The fourth-order valence-corrected chi connectivity index (χ4v) is 7.20. The van der Waals surface area contributed by atoms with Crippen molar-refractivity contribution in [2.45, 2.75) is 11.3 Å². The molecule has 0 aliphatic rings. The summed E-state index contributed by atoms with van der Waals surface area (Å²) in [5.41, 5.74) is -2.30. The van der Waals surface area contributed by atoms with E-state index in [2.05, 4.69) is 4.85 Å². The third-order valence-electron chi connectivity index (χ3n) is 7.85. The molecular weight excluding hydrogens is 665 g/mol. The maximum atomic E-state index is 15.3. The fraction of sp³-hybridized carbons (Fsp3) is 0.0278. The Morgan fingerprint density at radius 1 is 0.857 bits per heavy atom. The van der Waals surface area contributed by atoms with Crippen LogP contribution < -0.4 is 0 Å². The molecule has 242 valence electrons. The molecule has 0 unspecified atom stereocenters. The zero-order chi connectivity index (χ0) is 35.2. The number of aromatic nitrogens is 1. The van der Waals surface area contributed by atoms with Crippen LogP contribution in [-0.2, 0) is 10.0 Å². The minimum absolute atomic E-state index is 0.0163. The Hall–Kier alpha value is -6.31. The first-order chi connectivity index (χ1) is 23.4. The maximum absolute atomic E-state index is 15.3. The lowest BCUT2D eigenvalue weighted by molar-refractivity contribution is 0.0690. The molecule has 0 saturated carbocycles. The zero-order valence-corrected chi connectivity index (χ0v) is 25.4. The largest absolute Gasteiger partial charge is 0.478 e. The van der Waals surface area contributed by atoms with Crippen molar-refractivity contribution in [2.75, 3.05) is 0 Å². The molecule has 0 fully saturated rings. The van der Waals surface area contributed by atoms with E-state index in [1.54, 1.807) is 0 Å². The van der Waals surface area contributed by atoms with Gasteiger partial charge in [-0.2, -0.15) is 5.26 Å². The number of halogens is 5. The van der Waals surface area contributed by atoms with Crippen molar-refractivity contribution in [1.29, 1.82) is 5.26 Å². The van der Waals surface area contributed by atoms with Gasteiger partial charge in [-0.15, -0.1) is 0 Å². The van der Waals surface area contributed by atoms with Crippen molar-refractivity contribution in [3.05, 3.63) is 143 Å². The first-order valence-electron chi connectivity index (χ1n) is 14.1. The monoisotopic (exact) mass is 683 g/mol. The average Bonchev–Trinajstić information content (AvgIpc) is 3.43. The number of carboxylic acids is 1. The molecule has 0 aliphatic heterocycles. The number of hydrogen-bond acceptors (Lipinski definition) is 4. The summed E-state index contributed by atoms with van der Waals surface area (Å²) in [6, 6.07) is 20.5. The van der Waals surface area contributed by atoms with E-state index in [-0.39, 0.29) is 55.7 Å². The predicted molar refractivity (Wildman–Crippen MR) is 170 cm³/mol. The molecule has 0 aliphatic carbocycles. The van der Waals surface area contributed by atoms with Crippen molar-refractivity contribution in [1.82, 2.24) is 3.97 Å². The second-order valence-electron chi connectivity index (χ2n) is 10.6. The van der Waals surface area contributed by atoms with Gasteiger partial charge in [0.05, 0.1) is 34.3 Å². The smallest absolute Gasteiger partial charge is 0.338 e. The standard InChI is InChI=1S/C36H18F5N3O4S/c1-43-28-7-3-6-22(18-42)30(28)31-27-17-23(37)10-15-29(27)44(49(47,48)24-11-8-19(9-12-24)35(40)41)34(31)21-5-2-4-20(16-21)25-13-14-26(36(45)46)33(39)32(25)38/h2-17,35H,(H,45,46). The van der Waals surface area contributed by atoms with Crippen LogP contribution in [-0.4, -0.2) is 23.5 Å². The van der Waals surface area contributed by atoms with Gasteiger partial charge in [-0.3, -0.25) is 0 Å². The van der Waals surface area contributed by atoms with Crippen LogP contribution in [0.2, 0.25) is 0 Å². The number of nitrogens with zero attached hydrogens (tertiary/aromatic N) is 3. The summed E-state index contributed by atoms with van der Waals surface area (Å²) in [5, 5.41) is 19.3. The Balaban J connectivity index is 1.77. The molecule has 0 atom stereocenters. The molecule has 0 spiro atoms. The molecule has 0 bridgehead atoms. The van der Waals surface area contributed by atoms with Crippen molar-refractivity contribution >= 4 is 32.6 Å². The van der Waals surface area contributed by atoms with Crippen LogP contribution in [0.15, 0.2) is 102 Å². The van der Waals surface area contributed by atoms with Crippen molar-refractivity contribution in [3.63, 3.8) is 0 Å². The number of benzene rings is 5. The van der Waals surface area contributed by atoms with Gasteiger partial charge in [0.1, 0.15) is 5.82 Å². The molecule has 0 amide bonds. The van der Waals surface area contributed by atoms with E-state index in [0.717, 1.165) is 52.5 Å². The highest BCUT2D eigenvalue weighted by Crippen LogP contribution is 2.48. The van der Waals surface area contributed by atoms with E-state index >= 15 is 4.39 Å². The van der Waals surface area contributed by atoms with Gasteiger partial charge < -0.3 is 5.11 Å². The van der Waals surface area contributed by atoms with Gasteiger partial charge in [0.25, 0.3) is 16.4 Å². The van der Waals surface area contributed by atoms with E-state index in [4.69, 9.17) is 6.57 Å². The summed E-state index contributed by atoms with van der Waals surface area (Å²) in [6.07, 6.45) is -2.89. The number of carboxylic acid groups (broad SMARTS) is 1. The van der Waals surface area contributed by atoms with Gasteiger partial charge in [0.15, 0.2) is 17.3 Å². The first kappa shape index (κ1) is 32.6. The summed E-state index contributed by atoms with van der Waals surface area (Å²) in [6.45, 7) is 7.82. The number of rotatable bonds is 7. The Morgan fingerprint density at radius 3 is 2.20 bits per heavy atom. The minimum Gasteiger partial charge on any atom is -0.478 e. The first-order valence-corrected chi connectivity index (χ1v) is 15.5. The van der Waals surface area contributed by atoms with Crippen molar-refractivity contribution < 1.29 is 40.3 Å². The quantitative estimate of drug-likeness (QED) is 0.133. The lowest BCUT2D eigenvalue weighted by Crippen LogP contribution is -2.14. The van der Waals surface area contributed by atoms with Crippen LogP contribution in [0.25, 0.3) is 49.3 Å². The summed E-state index contributed by atoms with van der Waals surface area (Å²) in [7, 11) is -4.74. The lowest BCUT2D eigenvalue weighted by atomic mass is 9.92. The lowest BCUT2D eigenvalue weighted by Gasteiger charge is -2.16. The molecule has 6 aromatic rings. The Bertz CT molecular complexity index is 2500. The normalized spacial score (nSPS) is 11.4. The maximum Gasteiger partial charge on any atom is 0.338 e. The number of carbonyl (C=O) groups is 1. The van der Waals surface area contributed by atoms with Crippen LogP contribution in [0.5, 0.6) is 0 Å². The summed E-state index contributed by atoms with van der Waals surface area (Å²) >= 11 is 0. The van der Waals surface area contributed by atoms with E-state index in [9.17, 15) is 41.1 Å². The molecule has 1 heterocycles. The van der Waals surface area contributed by atoms with E-state index in [0.29, 0.717) is 0 Å². The molecule has 1 aromatic heterocycles. The van der Waals surface area contributed by atoms with Gasteiger partial charge >= 0.3 is 5.97 Å². The highest BCUT2D eigenvalue weighted by atomic mass is 32.2. The van der Waals surface area contributed by atoms with Gasteiger partial charge in [0, 0.05) is 38.8 Å². The molecule has 13 heteroatoms. The molecule has 7 nitrogen and oxygen atoms in total. The topological polar surface area (TPSA) is 105 Å². The van der Waals surface area contributed by atoms with Gasteiger partial charge in [-0.05, 0) is 54.1 Å². The average molecular weight is 684 g/mol. The third kappa shape index (κ3) is 5.46. The molecule has 49 heavy (non-hydrogen) atoms. The van der Waals surface area contributed by atoms with Crippen molar-refractivity contribution in [2.24, 2.45) is 0 Å². The second kappa shape index (κ2) is 12.4. The highest BCUT2D eigenvalue weighted by Gasteiger charge is 2.31. The van der Waals surface area contributed by atoms with Crippen LogP contribution in [0.1, 0.15) is 27.9 Å². The number of nitriles is 1. The third-order valence-corrected chi connectivity index (χ3v) is 9.58. The Kier molecular flexibility index (Phi) is 8.24. The summed E-state index contributed by atoms with van der Waals surface area (Å²) < 4.78 is 102.